The topological polar surface area (TPSA) is 29.5 Å². The van der Waals surface area contributed by atoms with Crippen molar-refractivity contribution >= 4 is 0 Å². The normalized spacial score (nSPS) is 43.6. The predicted octanol–water partition coefficient (Wildman–Crippen LogP) is 3.38. The summed E-state index contributed by atoms with van der Waals surface area (Å²) in [6.07, 6.45) is 10.2. The van der Waals surface area contributed by atoms with E-state index < -0.39 is 0 Å². The third kappa shape index (κ3) is 3.69. The van der Waals surface area contributed by atoms with E-state index in [1.165, 1.54) is 38.5 Å². The number of ether oxygens (including phenoxy) is 1. The van der Waals surface area contributed by atoms with Gasteiger partial charge in [-0.15, -0.1) is 0 Å². The van der Waals surface area contributed by atoms with Crippen LogP contribution >= 0.6 is 0 Å². The molecule has 2 fully saturated rings. The number of aliphatic hydroxyl groups excluding tert-OH is 1. The zero-order valence-electron chi connectivity index (χ0n) is 11.4. The minimum Gasteiger partial charge on any atom is -0.390 e. The van der Waals surface area contributed by atoms with Gasteiger partial charge in [0.1, 0.15) is 0 Å². The zero-order valence-corrected chi connectivity index (χ0v) is 11.4. The molecule has 2 aliphatic carbocycles. The molecular weight excluding hydrogens is 212 g/mol. The van der Waals surface area contributed by atoms with Crippen molar-refractivity contribution in [2.24, 2.45) is 17.8 Å². The summed E-state index contributed by atoms with van der Waals surface area (Å²) < 4.78 is 5.39. The average molecular weight is 240 g/mol. The summed E-state index contributed by atoms with van der Waals surface area (Å²) in [7, 11) is 1.74. The molecule has 0 radical (unpaired) electrons. The second kappa shape index (κ2) is 6.19. The van der Waals surface area contributed by atoms with E-state index in [0.29, 0.717) is 0 Å². The van der Waals surface area contributed by atoms with Crippen molar-refractivity contribution in [1.82, 2.24) is 0 Å². The van der Waals surface area contributed by atoms with Gasteiger partial charge in [0.05, 0.1) is 12.2 Å². The van der Waals surface area contributed by atoms with Crippen molar-refractivity contribution in [1.29, 1.82) is 0 Å². The van der Waals surface area contributed by atoms with E-state index in [-0.39, 0.29) is 12.2 Å². The summed E-state index contributed by atoms with van der Waals surface area (Å²) in [6, 6.07) is 0. The van der Waals surface area contributed by atoms with Gasteiger partial charge in [-0.3, -0.25) is 0 Å². The van der Waals surface area contributed by atoms with Gasteiger partial charge in [-0.25, -0.2) is 0 Å². The molecule has 0 aromatic heterocycles. The van der Waals surface area contributed by atoms with Crippen molar-refractivity contribution in [3.63, 3.8) is 0 Å². The highest BCUT2D eigenvalue weighted by molar-refractivity contribution is 4.83. The molecule has 2 heteroatoms. The van der Waals surface area contributed by atoms with Crippen LogP contribution in [0.2, 0.25) is 0 Å². The molecule has 0 amide bonds. The average Bonchev–Trinajstić information content (AvgIpc) is 2.32. The van der Waals surface area contributed by atoms with Gasteiger partial charge in [0, 0.05) is 7.11 Å². The highest BCUT2D eigenvalue weighted by Gasteiger charge is 2.31. The van der Waals surface area contributed by atoms with Gasteiger partial charge in [-0.2, -0.15) is 0 Å². The van der Waals surface area contributed by atoms with Gasteiger partial charge < -0.3 is 9.84 Å². The van der Waals surface area contributed by atoms with E-state index in [1.54, 1.807) is 7.11 Å². The lowest BCUT2D eigenvalue weighted by atomic mass is 9.74. The molecule has 2 nitrogen and oxygen atoms in total. The van der Waals surface area contributed by atoms with Gasteiger partial charge in [0.2, 0.25) is 0 Å². The predicted molar refractivity (Wildman–Crippen MR) is 69.9 cm³/mol. The Labute approximate surface area is 106 Å². The summed E-state index contributed by atoms with van der Waals surface area (Å²) in [5, 5.41) is 9.81. The van der Waals surface area contributed by atoms with Crippen LogP contribution in [-0.2, 0) is 4.74 Å². The molecule has 5 unspecified atom stereocenters. The Morgan fingerprint density at radius 3 is 2.53 bits per heavy atom. The molecular formula is C15H28O2. The van der Waals surface area contributed by atoms with Crippen LogP contribution in [0.15, 0.2) is 0 Å². The zero-order chi connectivity index (χ0) is 12.3. The van der Waals surface area contributed by atoms with Crippen LogP contribution < -0.4 is 0 Å². The number of methoxy groups -OCH3 is 1. The standard InChI is InChI=1S/C15H28O2/c1-11-4-3-5-12(8-11)9-13-6-7-14(16)15(10-13)17-2/h11-16H,3-10H2,1-2H3. The minimum absolute atomic E-state index is 0.0924. The van der Waals surface area contributed by atoms with Crippen LogP contribution in [0.4, 0.5) is 0 Å². The molecule has 0 heterocycles. The third-order valence-electron chi connectivity index (χ3n) is 4.88. The summed E-state index contributed by atoms with van der Waals surface area (Å²) in [5.74, 6) is 2.66. The van der Waals surface area contributed by atoms with Crippen LogP contribution in [0.25, 0.3) is 0 Å². The first-order valence-electron chi connectivity index (χ1n) is 7.40. The van der Waals surface area contributed by atoms with Gasteiger partial charge >= 0.3 is 0 Å². The summed E-state index contributed by atoms with van der Waals surface area (Å²) in [4.78, 5) is 0. The Kier molecular flexibility index (Phi) is 4.87. The maximum absolute atomic E-state index is 9.81. The second-order valence-corrected chi connectivity index (χ2v) is 6.39. The van der Waals surface area contributed by atoms with Crippen molar-refractivity contribution < 1.29 is 9.84 Å². The van der Waals surface area contributed by atoms with Gasteiger partial charge in [-0.1, -0.05) is 26.2 Å². The van der Waals surface area contributed by atoms with Crippen molar-refractivity contribution in [3.8, 4) is 0 Å². The molecule has 0 aliphatic heterocycles. The van der Waals surface area contributed by atoms with E-state index in [1.807, 2.05) is 0 Å². The lowest BCUT2D eigenvalue weighted by Gasteiger charge is -2.36. The van der Waals surface area contributed by atoms with Crippen LogP contribution in [0.3, 0.4) is 0 Å². The highest BCUT2D eigenvalue weighted by atomic mass is 16.5. The fourth-order valence-corrected chi connectivity index (χ4v) is 3.91. The Hall–Kier alpha value is -0.0800. The Balaban J connectivity index is 1.78. The lowest BCUT2D eigenvalue weighted by Crippen LogP contribution is -2.36. The first kappa shape index (κ1) is 13.4. The minimum atomic E-state index is -0.221. The van der Waals surface area contributed by atoms with Gasteiger partial charge in [-0.05, 0) is 49.9 Å². The van der Waals surface area contributed by atoms with Crippen LogP contribution in [0.1, 0.15) is 58.3 Å². The molecule has 1 N–H and O–H groups in total. The van der Waals surface area contributed by atoms with Crippen LogP contribution in [-0.4, -0.2) is 24.4 Å². The van der Waals surface area contributed by atoms with E-state index >= 15 is 0 Å². The smallest absolute Gasteiger partial charge is 0.0832 e. The molecule has 0 aromatic carbocycles. The molecule has 2 aliphatic rings. The number of rotatable bonds is 3. The monoisotopic (exact) mass is 240 g/mol. The van der Waals surface area contributed by atoms with Gasteiger partial charge in [0.15, 0.2) is 0 Å². The van der Waals surface area contributed by atoms with Crippen molar-refractivity contribution in [2.45, 2.75) is 70.5 Å². The van der Waals surface area contributed by atoms with Crippen LogP contribution in [0.5, 0.6) is 0 Å². The molecule has 0 aromatic rings. The molecule has 0 saturated heterocycles. The summed E-state index contributed by atoms with van der Waals surface area (Å²) in [6.45, 7) is 2.40. The van der Waals surface area contributed by atoms with E-state index in [0.717, 1.165) is 30.6 Å². The molecule has 17 heavy (non-hydrogen) atoms. The fraction of sp³-hybridized carbons (Fsp3) is 1.00. The van der Waals surface area contributed by atoms with E-state index in [2.05, 4.69) is 6.92 Å². The maximum Gasteiger partial charge on any atom is 0.0832 e. The largest absolute Gasteiger partial charge is 0.390 e. The van der Waals surface area contributed by atoms with Gasteiger partial charge in [0.25, 0.3) is 0 Å². The first-order chi connectivity index (χ1) is 8.19. The SMILES string of the molecule is COC1CC(CC2CCCC(C)C2)CCC1O. The molecule has 2 rings (SSSR count). The number of aliphatic hydroxyl groups is 1. The Bertz CT molecular complexity index is 229. The van der Waals surface area contributed by atoms with E-state index in [9.17, 15) is 5.11 Å². The third-order valence-corrected chi connectivity index (χ3v) is 4.88. The molecule has 0 spiro atoms. The fourth-order valence-electron chi connectivity index (χ4n) is 3.91. The summed E-state index contributed by atoms with van der Waals surface area (Å²) in [5.41, 5.74) is 0. The molecule has 100 valence electrons. The molecule has 5 atom stereocenters. The summed E-state index contributed by atoms with van der Waals surface area (Å²) >= 11 is 0. The number of hydrogen-bond acceptors (Lipinski definition) is 2. The molecule has 0 bridgehead atoms. The quantitative estimate of drug-likeness (QED) is 0.819. The first-order valence-corrected chi connectivity index (χ1v) is 7.40. The van der Waals surface area contributed by atoms with Crippen molar-refractivity contribution in [3.05, 3.63) is 0 Å². The Morgan fingerprint density at radius 2 is 1.82 bits per heavy atom. The lowest BCUT2D eigenvalue weighted by molar-refractivity contribution is -0.0538. The second-order valence-electron chi connectivity index (χ2n) is 6.39. The molecule has 2 saturated carbocycles. The highest BCUT2D eigenvalue weighted by Crippen LogP contribution is 2.37. The maximum atomic E-state index is 9.81. The Morgan fingerprint density at radius 1 is 1.06 bits per heavy atom. The van der Waals surface area contributed by atoms with Crippen molar-refractivity contribution in [2.75, 3.05) is 7.11 Å². The van der Waals surface area contributed by atoms with Crippen LogP contribution in [0, 0.1) is 17.8 Å². The number of hydrogen-bond donors (Lipinski definition) is 1. The van der Waals surface area contributed by atoms with E-state index in [4.69, 9.17) is 4.74 Å².